The lowest BCUT2D eigenvalue weighted by Crippen LogP contribution is -2.49. The van der Waals surface area contributed by atoms with Crippen LogP contribution in [0, 0.1) is 17.1 Å². The summed E-state index contributed by atoms with van der Waals surface area (Å²) in [6.45, 7) is 1.56. The summed E-state index contributed by atoms with van der Waals surface area (Å²) in [5.41, 5.74) is -2.33. The first kappa shape index (κ1) is 29.8. The van der Waals surface area contributed by atoms with Crippen molar-refractivity contribution in [3.8, 4) is 6.07 Å². The number of imidazole rings is 1. The first-order chi connectivity index (χ1) is 21.1. The van der Waals surface area contributed by atoms with Gasteiger partial charge in [0.15, 0.2) is 0 Å². The number of aromatic nitrogens is 4. The monoisotopic (exact) mass is 616 g/mol. The molecule has 0 saturated heterocycles. The van der Waals surface area contributed by atoms with E-state index in [9.17, 15) is 20.3 Å². The van der Waals surface area contributed by atoms with Gasteiger partial charge in [-0.1, -0.05) is 30.7 Å². The van der Waals surface area contributed by atoms with Gasteiger partial charge in [-0.05, 0) is 55.5 Å². The number of hydrogen-bond acceptors (Lipinski definition) is 8. The van der Waals surface area contributed by atoms with Crippen LogP contribution in [-0.2, 0) is 29.7 Å². The Labute approximate surface area is 258 Å². The Hall–Kier alpha value is -4.21. The Kier molecular flexibility index (Phi) is 7.71. The second kappa shape index (κ2) is 11.4. The number of aliphatic hydroxyl groups is 2. The van der Waals surface area contributed by atoms with Crippen LogP contribution >= 0.6 is 11.6 Å². The first-order valence-electron chi connectivity index (χ1n) is 14.3. The lowest BCUT2D eigenvalue weighted by Gasteiger charge is -2.41. The van der Waals surface area contributed by atoms with Crippen molar-refractivity contribution in [3.05, 3.63) is 111 Å². The summed E-state index contributed by atoms with van der Waals surface area (Å²) in [4.78, 5) is 28.7. The van der Waals surface area contributed by atoms with Crippen molar-refractivity contribution in [2.75, 3.05) is 0 Å². The number of hydrogen-bond donors (Lipinski definition) is 2. The van der Waals surface area contributed by atoms with E-state index in [1.165, 1.54) is 29.4 Å². The van der Waals surface area contributed by atoms with Crippen LogP contribution in [0.1, 0.15) is 76.7 Å². The molecular weight excluding hydrogens is 587 g/mol. The number of carbonyl (C=O) groups is 1. The van der Waals surface area contributed by atoms with Crippen molar-refractivity contribution in [1.82, 2.24) is 24.4 Å². The number of rotatable bonds is 8. The molecule has 3 heterocycles. The van der Waals surface area contributed by atoms with Crippen LogP contribution in [0.2, 0.25) is 5.02 Å². The van der Waals surface area contributed by atoms with Crippen LogP contribution in [-0.4, -0.2) is 52.7 Å². The lowest BCUT2D eigenvalue weighted by atomic mass is 9.84. The van der Waals surface area contributed by atoms with Gasteiger partial charge in [-0.2, -0.15) is 5.26 Å². The van der Waals surface area contributed by atoms with Gasteiger partial charge in [0.25, 0.3) is 5.91 Å². The van der Waals surface area contributed by atoms with Gasteiger partial charge in [-0.25, -0.2) is 19.3 Å². The minimum atomic E-state index is -1.79. The van der Waals surface area contributed by atoms with Crippen molar-refractivity contribution in [1.29, 1.82) is 5.26 Å². The van der Waals surface area contributed by atoms with Crippen LogP contribution < -0.4 is 0 Å². The van der Waals surface area contributed by atoms with Crippen molar-refractivity contribution in [2.45, 2.75) is 62.7 Å². The van der Waals surface area contributed by atoms with E-state index in [-0.39, 0.29) is 41.0 Å². The number of aliphatic hydroxyl groups excluding tert-OH is 1. The molecule has 1 fully saturated rings. The quantitative estimate of drug-likeness (QED) is 0.299. The van der Waals surface area contributed by atoms with Crippen molar-refractivity contribution in [2.24, 2.45) is 7.05 Å². The zero-order chi connectivity index (χ0) is 31.2. The Morgan fingerprint density at radius 2 is 1.93 bits per heavy atom. The molecule has 4 atom stereocenters. The number of benzene rings is 2. The number of nitrogens with zero attached hydrogens (tertiary/aromatic N) is 6. The molecule has 2 aromatic heterocycles. The van der Waals surface area contributed by atoms with E-state index in [2.05, 4.69) is 15.0 Å². The maximum absolute atomic E-state index is 16.8. The number of amides is 1. The lowest BCUT2D eigenvalue weighted by molar-refractivity contribution is -0.149. The van der Waals surface area contributed by atoms with E-state index >= 15 is 4.39 Å². The van der Waals surface area contributed by atoms with Crippen LogP contribution in [0.15, 0.2) is 61.3 Å². The zero-order valence-corrected chi connectivity index (χ0v) is 24.9. The largest absolute Gasteiger partial charge is 0.393 e. The van der Waals surface area contributed by atoms with Crippen LogP contribution in [0.4, 0.5) is 4.39 Å². The van der Waals surface area contributed by atoms with E-state index in [1.807, 2.05) is 6.07 Å². The molecule has 226 valence electrons. The van der Waals surface area contributed by atoms with Gasteiger partial charge in [-0.3, -0.25) is 9.69 Å². The molecule has 6 rings (SSSR count). The molecule has 2 aromatic carbocycles. The predicted octanol–water partition coefficient (Wildman–Crippen LogP) is 4.31. The molecule has 3 unspecified atom stereocenters. The second-order valence-electron chi connectivity index (χ2n) is 11.3. The summed E-state index contributed by atoms with van der Waals surface area (Å²) in [6.07, 6.45) is 6.24. The van der Waals surface area contributed by atoms with Gasteiger partial charge in [0.05, 0.1) is 47.5 Å². The van der Waals surface area contributed by atoms with Crippen LogP contribution in [0.25, 0.3) is 0 Å². The molecule has 1 aliphatic carbocycles. The fourth-order valence-electron chi connectivity index (χ4n) is 6.19. The number of fused-ring (bicyclic) bond motifs is 1. The van der Waals surface area contributed by atoms with Crippen LogP contribution in [0.3, 0.4) is 0 Å². The third-order valence-electron chi connectivity index (χ3n) is 8.47. The maximum atomic E-state index is 16.8. The SMILES string of the molecule is CCC(O)(c1cc(F)c2c(c1)C(=O)N(Cc1ncc(C#N)cn1)[C@@]2(OC1CCC(O)C1)c1ccc(Cl)cc1)c1cn(C)cn1. The van der Waals surface area contributed by atoms with E-state index in [4.69, 9.17) is 16.3 Å². The standard InChI is InChI=1S/C32H30ClFN6O4/c1-3-31(43,27-16-39(2)18-38-27)21-10-25-29(26(34)11-21)32(20-4-6-22(33)7-5-20,44-24-9-8-23(41)12-24)40(30(25)42)17-28-36-14-19(13-35)15-37-28/h4-7,10-11,14-16,18,23-24,41,43H,3,8-9,12,17H2,1-2H3/t23?,24?,31?,32-/m1/s1. The maximum Gasteiger partial charge on any atom is 0.257 e. The number of nitriles is 1. The first-order valence-corrected chi connectivity index (χ1v) is 14.7. The van der Waals surface area contributed by atoms with Gasteiger partial charge < -0.3 is 19.5 Å². The van der Waals surface area contributed by atoms with Crippen molar-refractivity contribution >= 4 is 17.5 Å². The number of halogens is 2. The number of carbonyl (C=O) groups excluding carboxylic acids is 1. The van der Waals surface area contributed by atoms with Gasteiger partial charge >= 0.3 is 0 Å². The molecule has 44 heavy (non-hydrogen) atoms. The van der Waals surface area contributed by atoms with Crippen LogP contribution in [0.5, 0.6) is 0 Å². The van der Waals surface area contributed by atoms with Crippen molar-refractivity contribution < 1.29 is 24.1 Å². The Morgan fingerprint density at radius 3 is 2.52 bits per heavy atom. The average Bonchev–Trinajstić information content (AvgIpc) is 3.71. The van der Waals surface area contributed by atoms with Gasteiger partial charge in [0.2, 0.25) is 5.72 Å². The third-order valence-corrected chi connectivity index (χ3v) is 8.72. The molecule has 2 aliphatic rings. The number of ether oxygens (including phenoxy) is 1. The third kappa shape index (κ3) is 4.94. The van der Waals surface area contributed by atoms with Gasteiger partial charge in [0, 0.05) is 36.2 Å². The normalized spacial score (nSPS) is 22.6. The molecule has 0 bridgehead atoms. The van der Waals surface area contributed by atoms with Gasteiger partial charge in [-0.15, -0.1) is 0 Å². The van der Waals surface area contributed by atoms with E-state index < -0.39 is 35.3 Å². The summed E-state index contributed by atoms with van der Waals surface area (Å²) in [5.74, 6) is -1.12. The molecule has 1 saturated carbocycles. The highest BCUT2D eigenvalue weighted by Gasteiger charge is 2.56. The molecular formula is C32H30ClFN6O4. The highest BCUT2D eigenvalue weighted by molar-refractivity contribution is 6.30. The summed E-state index contributed by atoms with van der Waals surface area (Å²) in [7, 11) is 1.76. The molecule has 0 spiro atoms. The fraction of sp³-hybridized carbons (Fsp3) is 0.344. The Morgan fingerprint density at radius 1 is 1.20 bits per heavy atom. The van der Waals surface area contributed by atoms with Gasteiger partial charge in [0.1, 0.15) is 23.3 Å². The average molecular weight is 617 g/mol. The molecule has 4 aromatic rings. The highest BCUT2D eigenvalue weighted by Crippen LogP contribution is 2.50. The minimum Gasteiger partial charge on any atom is -0.393 e. The number of aryl methyl sites for hydroxylation is 1. The molecule has 0 radical (unpaired) electrons. The zero-order valence-electron chi connectivity index (χ0n) is 24.1. The molecule has 10 nitrogen and oxygen atoms in total. The summed E-state index contributed by atoms with van der Waals surface area (Å²) >= 11 is 6.24. The Balaban J connectivity index is 1.58. The molecule has 1 aliphatic heterocycles. The Bertz CT molecular complexity index is 1760. The minimum absolute atomic E-state index is 0.00458. The van der Waals surface area contributed by atoms with E-state index in [1.54, 1.807) is 55.3 Å². The fourth-order valence-corrected chi connectivity index (χ4v) is 6.32. The summed E-state index contributed by atoms with van der Waals surface area (Å²) in [5, 5.41) is 31.8. The van der Waals surface area contributed by atoms with Crippen molar-refractivity contribution in [3.63, 3.8) is 0 Å². The topological polar surface area (TPSA) is 137 Å². The molecule has 1 amide bonds. The molecule has 12 heteroatoms. The summed E-state index contributed by atoms with van der Waals surface area (Å²) in [6, 6.07) is 11.3. The van der Waals surface area contributed by atoms with E-state index in [0.29, 0.717) is 35.5 Å². The summed E-state index contributed by atoms with van der Waals surface area (Å²) < 4.78 is 25.3. The smallest absolute Gasteiger partial charge is 0.257 e. The van der Waals surface area contributed by atoms with E-state index in [0.717, 1.165) is 0 Å². The second-order valence-corrected chi connectivity index (χ2v) is 11.7. The highest BCUT2D eigenvalue weighted by atomic mass is 35.5. The molecule has 2 N–H and O–H groups in total. The predicted molar refractivity (Wildman–Crippen MR) is 156 cm³/mol.